The van der Waals surface area contributed by atoms with Gasteiger partial charge in [-0.15, -0.1) is 0 Å². The highest BCUT2D eigenvalue weighted by molar-refractivity contribution is 5.99. The first-order chi connectivity index (χ1) is 9.70. The number of nitrogens with one attached hydrogen (secondary N) is 2. The Kier molecular flexibility index (Phi) is 4.65. The van der Waals surface area contributed by atoms with Crippen LogP contribution in [0.4, 0.5) is 5.69 Å². The molecule has 0 aliphatic rings. The van der Waals surface area contributed by atoms with Gasteiger partial charge in [-0.3, -0.25) is 14.5 Å². The van der Waals surface area contributed by atoms with Crippen molar-refractivity contribution < 1.29 is 4.79 Å². The summed E-state index contributed by atoms with van der Waals surface area (Å²) in [5, 5.41) is 10.1. The lowest BCUT2D eigenvalue weighted by molar-refractivity contribution is 0.0950. The third-order valence-corrected chi connectivity index (χ3v) is 2.69. The lowest BCUT2D eigenvalue weighted by Gasteiger charge is -2.10. The van der Waals surface area contributed by atoms with Crippen LogP contribution in [-0.4, -0.2) is 32.2 Å². The standard InChI is InChI=1S/C13H18N6O/c1-3-5-15-11-7-14-6-4-10(11)13(20)16-8-12-17-9-19(2)18-12/h4,6-7,9,15H,3,5,8H2,1-2H3,(H,16,20). The fourth-order valence-electron chi connectivity index (χ4n) is 1.71. The average molecular weight is 274 g/mol. The second-order valence-electron chi connectivity index (χ2n) is 4.37. The maximum Gasteiger partial charge on any atom is 0.253 e. The molecule has 0 saturated carbocycles. The highest BCUT2D eigenvalue weighted by Gasteiger charge is 2.11. The van der Waals surface area contributed by atoms with Crippen molar-refractivity contribution in [1.29, 1.82) is 0 Å². The number of aryl methyl sites for hydroxylation is 1. The van der Waals surface area contributed by atoms with Gasteiger partial charge in [0.15, 0.2) is 5.82 Å². The van der Waals surface area contributed by atoms with Gasteiger partial charge in [-0.2, -0.15) is 5.10 Å². The maximum absolute atomic E-state index is 12.2. The maximum atomic E-state index is 12.2. The molecule has 0 bridgehead atoms. The number of amides is 1. The summed E-state index contributed by atoms with van der Waals surface area (Å²) in [6.45, 7) is 3.17. The molecule has 0 aromatic carbocycles. The van der Waals surface area contributed by atoms with Crippen molar-refractivity contribution in [2.75, 3.05) is 11.9 Å². The van der Waals surface area contributed by atoms with E-state index in [2.05, 4.69) is 32.6 Å². The van der Waals surface area contributed by atoms with E-state index in [9.17, 15) is 4.79 Å². The van der Waals surface area contributed by atoms with Crippen LogP contribution in [0.1, 0.15) is 29.5 Å². The lowest BCUT2D eigenvalue weighted by atomic mass is 10.2. The zero-order valence-corrected chi connectivity index (χ0v) is 11.6. The van der Waals surface area contributed by atoms with E-state index in [1.165, 1.54) is 0 Å². The molecule has 20 heavy (non-hydrogen) atoms. The zero-order chi connectivity index (χ0) is 14.4. The van der Waals surface area contributed by atoms with E-state index in [0.717, 1.165) is 18.7 Å². The van der Waals surface area contributed by atoms with Crippen LogP contribution in [0.15, 0.2) is 24.8 Å². The molecule has 1 amide bonds. The molecule has 0 unspecified atom stereocenters. The molecule has 2 heterocycles. The van der Waals surface area contributed by atoms with Crippen molar-refractivity contribution >= 4 is 11.6 Å². The minimum Gasteiger partial charge on any atom is -0.383 e. The Morgan fingerprint density at radius 3 is 3.00 bits per heavy atom. The molecule has 7 nitrogen and oxygen atoms in total. The minimum atomic E-state index is -0.168. The van der Waals surface area contributed by atoms with Crippen LogP contribution in [0.2, 0.25) is 0 Å². The molecule has 0 saturated heterocycles. The lowest BCUT2D eigenvalue weighted by Crippen LogP contribution is -2.24. The first-order valence-corrected chi connectivity index (χ1v) is 6.51. The number of carbonyl (C=O) groups excluding carboxylic acids is 1. The van der Waals surface area contributed by atoms with Crippen LogP contribution in [0.25, 0.3) is 0 Å². The van der Waals surface area contributed by atoms with Gasteiger partial charge in [-0.1, -0.05) is 6.92 Å². The summed E-state index contributed by atoms with van der Waals surface area (Å²) in [6.07, 6.45) is 5.84. The Bertz CT molecular complexity index is 580. The fourth-order valence-corrected chi connectivity index (χ4v) is 1.71. The third kappa shape index (κ3) is 3.53. The quantitative estimate of drug-likeness (QED) is 0.819. The Morgan fingerprint density at radius 2 is 2.30 bits per heavy atom. The summed E-state index contributed by atoms with van der Waals surface area (Å²) in [6, 6.07) is 1.69. The number of hydrogen-bond acceptors (Lipinski definition) is 5. The monoisotopic (exact) mass is 274 g/mol. The predicted octanol–water partition coefficient (Wildman–Crippen LogP) is 0.962. The molecule has 106 valence electrons. The number of aromatic nitrogens is 4. The van der Waals surface area contributed by atoms with Crippen molar-refractivity contribution in [2.24, 2.45) is 7.05 Å². The van der Waals surface area contributed by atoms with Gasteiger partial charge >= 0.3 is 0 Å². The molecule has 2 aromatic heterocycles. The van der Waals surface area contributed by atoms with Gasteiger partial charge in [0, 0.05) is 19.8 Å². The Hall–Kier alpha value is -2.44. The number of nitrogens with zero attached hydrogens (tertiary/aromatic N) is 4. The molecular weight excluding hydrogens is 256 g/mol. The van der Waals surface area contributed by atoms with Gasteiger partial charge in [0.2, 0.25) is 0 Å². The molecule has 0 aliphatic carbocycles. The second kappa shape index (κ2) is 6.65. The molecule has 0 atom stereocenters. The molecule has 0 fully saturated rings. The van der Waals surface area contributed by atoms with Crippen molar-refractivity contribution in [1.82, 2.24) is 25.1 Å². The molecule has 0 radical (unpaired) electrons. The second-order valence-corrected chi connectivity index (χ2v) is 4.37. The molecule has 0 spiro atoms. The number of hydrogen-bond donors (Lipinski definition) is 2. The van der Waals surface area contributed by atoms with Crippen LogP contribution in [-0.2, 0) is 13.6 Å². The number of pyridine rings is 1. The van der Waals surface area contributed by atoms with Gasteiger partial charge in [0.25, 0.3) is 5.91 Å². The van der Waals surface area contributed by atoms with E-state index in [-0.39, 0.29) is 5.91 Å². The fraction of sp³-hybridized carbons (Fsp3) is 0.385. The van der Waals surface area contributed by atoms with E-state index in [1.54, 1.807) is 36.5 Å². The predicted molar refractivity (Wildman–Crippen MR) is 75.2 cm³/mol. The largest absolute Gasteiger partial charge is 0.383 e. The summed E-state index contributed by atoms with van der Waals surface area (Å²) in [5.74, 6) is 0.413. The van der Waals surface area contributed by atoms with Gasteiger partial charge < -0.3 is 10.6 Å². The van der Waals surface area contributed by atoms with E-state index in [0.29, 0.717) is 17.9 Å². The molecule has 7 heteroatoms. The SMILES string of the molecule is CCCNc1cnccc1C(=O)NCc1ncn(C)n1. The highest BCUT2D eigenvalue weighted by atomic mass is 16.1. The van der Waals surface area contributed by atoms with E-state index >= 15 is 0 Å². The Balaban J connectivity index is 2.01. The van der Waals surface area contributed by atoms with Crippen molar-refractivity contribution in [3.8, 4) is 0 Å². The smallest absolute Gasteiger partial charge is 0.253 e. The number of carbonyl (C=O) groups is 1. The number of anilines is 1. The molecule has 0 aliphatic heterocycles. The topological polar surface area (TPSA) is 84.7 Å². The first kappa shape index (κ1) is 14.0. The van der Waals surface area contributed by atoms with Crippen LogP contribution in [0.5, 0.6) is 0 Å². The summed E-state index contributed by atoms with van der Waals surface area (Å²) < 4.78 is 1.60. The molecular formula is C13H18N6O. The first-order valence-electron chi connectivity index (χ1n) is 6.51. The van der Waals surface area contributed by atoms with E-state index < -0.39 is 0 Å². The Labute approximate surface area is 117 Å². The zero-order valence-electron chi connectivity index (χ0n) is 11.6. The average Bonchev–Trinajstić information content (AvgIpc) is 2.88. The molecule has 2 N–H and O–H groups in total. The highest BCUT2D eigenvalue weighted by Crippen LogP contribution is 2.13. The van der Waals surface area contributed by atoms with Gasteiger partial charge in [0.05, 0.1) is 24.0 Å². The van der Waals surface area contributed by atoms with Crippen molar-refractivity contribution in [2.45, 2.75) is 19.9 Å². The molecule has 2 rings (SSSR count). The van der Waals surface area contributed by atoms with Gasteiger partial charge in [-0.25, -0.2) is 4.98 Å². The third-order valence-electron chi connectivity index (χ3n) is 2.69. The van der Waals surface area contributed by atoms with Crippen LogP contribution >= 0.6 is 0 Å². The van der Waals surface area contributed by atoms with Gasteiger partial charge in [-0.05, 0) is 12.5 Å². The summed E-state index contributed by atoms with van der Waals surface area (Å²) >= 11 is 0. The van der Waals surface area contributed by atoms with Gasteiger partial charge in [0.1, 0.15) is 6.33 Å². The van der Waals surface area contributed by atoms with Crippen LogP contribution in [0, 0.1) is 0 Å². The summed E-state index contributed by atoms with van der Waals surface area (Å²) in [7, 11) is 1.79. The van der Waals surface area contributed by atoms with Crippen LogP contribution < -0.4 is 10.6 Å². The normalized spacial score (nSPS) is 10.3. The summed E-state index contributed by atoms with van der Waals surface area (Å²) in [4.78, 5) is 20.3. The van der Waals surface area contributed by atoms with E-state index in [4.69, 9.17) is 0 Å². The molecule has 2 aromatic rings. The minimum absolute atomic E-state index is 0.168. The van der Waals surface area contributed by atoms with Crippen molar-refractivity contribution in [3.63, 3.8) is 0 Å². The number of rotatable bonds is 6. The summed E-state index contributed by atoms with van der Waals surface area (Å²) in [5.41, 5.74) is 1.31. The Morgan fingerprint density at radius 1 is 1.45 bits per heavy atom. The van der Waals surface area contributed by atoms with Crippen LogP contribution in [0.3, 0.4) is 0 Å². The van der Waals surface area contributed by atoms with Crippen molar-refractivity contribution in [3.05, 3.63) is 36.2 Å². The van der Waals surface area contributed by atoms with E-state index in [1.807, 2.05) is 0 Å².